The average molecular weight is 343 g/mol. The summed E-state index contributed by atoms with van der Waals surface area (Å²) in [5, 5.41) is 21.7. The predicted octanol–water partition coefficient (Wildman–Crippen LogP) is -0.523. The normalized spacial score (nSPS) is 25.0. The molecule has 1 heterocycles. The minimum atomic E-state index is -3.51. The molecule has 3 atom stereocenters. The predicted molar refractivity (Wildman–Crippen MR) is 82.5 cm³/mol. The summed E-state index contributed by atoms with van der Waals surface area (Å²) >= 11 is 0. The molecule has 1 aliphatic heterocycles. The molecule has 0 aromatic heterocycles. The van der Waals surface area contributed by atoms with Crippen molar-refractivity contribution in [2.45, 2.75) is 36.0 Å². The Morgan fingerprint density at radius 1 is 1.30 bits per heavy atom. The molecular weight excluding hydrogens is 322 g/mol. The zero-order valence-corrected chi connectivity index (χ0v) is 13.4. The number of hydrogen-bond donors (Lipinski definition) is 3. The van der Waals surface area contributed by atoms with Crippen LogP contribution in [0.1, 0.15) is 12.8 Å². The molecule has 1 aromatic rings. The number of hydrogen-bond acceptors (Lipinski definition) is 6. The molecule has 7 nitrogen and oxygen atoms in total. The number of aliphatic hydroxyl groups is 2. The summed E-state index contributed by atoms with van der Waals surface area (Å²) in [6.45, 7) is -0.0224. The molecule has 1 saturated heterocycles. The van der Waals surface area contributed by atoms with E-state index in [2.05, 4.69) is 5.32 Å². The minimum Gasteiger partial charge on any atom is -0.394 e. The van der Waals surface area contributed by atoms with Crippen LogP contribution >= 0.6 is 0 Å². The highest BCUT2D eigenvalue weighted by Crippen LogP contribution is 2.15. The van der Waals surface area contributed by atoms with Gasteiger partial charge < -0.3 is 20.3 Å². The molecule has 8 heteroatoms. The first-order valence-electron chi connectivity index (χ1n) is 7.42. The Labute approximate surface area is 135 Å². The maximum Gasteiger partial charge on any atom is 0.221 e. The first-order valence-corrected chi connectivity index (χ1v) is 9.07. The van der Waals surface area contributed by atoms with E-state index in [9.17, 15) is 18.3 Å². The second-order valence-corrected chi connectivity index (χ2v) is 7.54. The molecule has 1 aliphatic rings. The molecule has 0 saturated carbocycles. The number of carbonyl (C=O) groups excluding carboxylic acids is 1. The SMILES string of the molecule is O=C(CCS(=O)(=O)c1ccccc1)N[C@H]1CCO[C@H](CO)[C@H]1O. The molecule has 0 spiro atoms. The molecule has 23 heavy (non-hydrogen) atoms. The highest BCUT2D eigenvalue weighted by atomic mass is 32.2. The van der Waals surface area contributed by atoms with Crippen molar-refractivity contribution in [3.63, 3.8) is 0 Å². The van der Waals surface area contributed by atoms with Crippen molar-refractivity contribution in [1.29, 1.82) is 0 Å². The van der Waals surface area contributed by atoms with Gasteiger partial charge in [-0.15, -0.1) is 0 Å². The number of ether oxygens (including phenoxy) is 1. The lowest BCUT2D eigenvalue weighted by molar-refractivity contribution is -0.131. The van der Waals surface area contributed by atoms with Crippen LogP contribution in [0.3, 0.4) is 0 Å². The van der Waals surface area contributed by atoms with Gasteiger partial charge in [-0.05, 0) is 18.6 Å². The van der Waals surface area contributed by atoms with E-state index in [1.165, 1.54) is 12.1 Å². The summed E-state index contributed by atoms with van der Waals surface area (Å²) < 4.78 is 29.4. The summed E-state index contributed by atoms with van der Waals surface area (Å²) in [6.07, 6.45) is -1.52. The van der Waals surface area contributed by atoms with E-state index >= 15 is 0 Å². The van der Waals surface area contributed by atoms with Crippen molar-refractivity contribution >= 4 is 15.7 Å². The van der Waals surface area contributed by atoms with Crippen molar-refractivity contribution in [3.8, 4) is 0 Å². The first kappa shape index (κ1) is 17.9. The van der Waals surface area contributed by atoms with Gasteiger partial charge in [-0.1, -0.05) is 18.2 Å². The van der Waals surface area contributed by atoms with Gasteiger partial charge in [-0.2, -0.15) is 0 Å². The van der Waals surface area contributed by atoms with Gasteiger partial charge in [0, 0.05) is 13.0 Å². The summed E-state index contributed by atoms with van der Waals surface area (Å²) in [5.74, 6) is -0.752. The summed E-state index contributed by atoms with van der Waals surface area (Å²) in [5.41, 5.74) is 0. The van der Waals surface area contributed by atoms with Gasteiger partial charge in [-0.3, -0.25) is 4.79 Å². The van der Waals surface area contributed by atoms with E-state index < -0.39 is 34.0 Å². The molecule has 1 fully saturated rings. The van der Waals surface area contributed by atoms with Crippen molar-refractivity contribution in [3.05, 3.63) is 30.3 Å². The van der Waals surface area contributed by atoms with Crippen LogP contribution in [0.2, 0.25) is 0 Å². The van der Waals surface area contributed by atoms with Crippen LogP contribution in [0.5, 0.6) is 0 Å². The zero-order chi connectivity index (χ0) is 16.9. The van der Waals surface area contributed by atoms with E-state index in [4.69, 9.17) is 9.84 Å². The Bertz CT molecular complexity index is 618. The number of nitrogens with one attached hydrogen (secondary N) is 1. The molecule has 0 bridgehead atoms. The molecule has 128 valence electrons. The third-order valence-corrected chi connectivity index (χ3v) is 5.51. The quantitative estimate of drug-likeness (QED) is 0.640. The van der Waals surface area contributed by atoms with Gasteiger partial charge in [0.2, 0.25) is 5.91 Å². The second-order valence-electron chi connectivity index (χ2n) is 5.43. The van der Waals surface area contributed by atoms with E-state index in [0.717, 1.165) is 0 Å². The number of sulfone groups is 1. The Kier molecular flexibility index (Phi) is 6.11. The monoisotopic (exact) mass is 343 g/mol. The second kappa shape index (κ2) is 7.87. The number of carbonyl (C=O) groups is 1. The first-order chi connectivity index (χ1) is 10.9. The van der Waals surface area contributed by atoms with E-state index in [0.29, 0.717) is 13.0 Å². The highest BCUT2D eigenvalue weighted by molar-refractivity contribution is 7.91. The van der Waals surface area contributed by atoms with Gasteiger partial charge in [0.1, 0.15) is 12.2 Å². The van der Waals surface area contributed by atoms with Gasteiger partial charge in [0.15, 0.2) is 9.84 Å². The van der Waals surface area contributed by atoms with Crippen molar-refractivity contribution in [2.24, 2.45) is 0 Å². The van der Waals surface area contributed by atoms with Crippen molar-refractivity contribution in [1.82, 2.24) is 5.32 Å². The van der Waals surface area contributed by atoms with Gasteiger partial charge in [-0.25, -0.2) is 8.42 Å². The van der Waals surface area contributed by atoms with Crippen LogP contribution in [0, 0.1) is 0 Å². The minimum absolute atomic E-state index is 0.180. The van der Waals surface area contributed by atoms with Crippen molar-refractivity contribution < 1.29 is 28.2 Å². The van der Waals surface area contributed by atoms with Crippen LogP contribution in [0.15, 0.2) is 35.2 Å². The molecule has 1 aromatic carbocycles. The van der Waals surface area contributed by atoms with E-state index in [-0.39, 0.29) is 23.7 Å². The van der Waals surface area contributed by atoms with Crippen LogP contribution in [0.25, 0.3) is 0 Å². The van der Waals surface area contributed by atoms with Gasteiger partial charge >= 0.3 is 0 Å². The standard InChI is InChI=1S/C15H21NO6S/c17-10-13-15(19)12(6-8-22-13)16-14(18)7-9-23(20,21)11-4-2-1-3-5-11/h1-5,12-13,15,17,19H,6-10H2,(H,16,18)/t12-,13+,15-/m0/s1. The summed E-state index contributed by atoms with van der Waals surface area (Å²) in [4.78, 5) is 12.1. The molecule has 1 amide bonds. The molecule has 3 N–H and O–H groups in total. The van der Waals surface area contributed by atoms with Gasteiger partial charge in [0.05, 0.1) is 23.3 Å². The number of benzene rings is 1. The van der Waals surface area contributed by atoms with Crippen LogP contribution in [-0.4, -0.2) is 61.8 Å². The Morgan fingerprint density at radius 2 is 2.00 bits per heavy atom. The lowest BCUT2D eigenvalue weighted by Crippen LogP contribution is -2.54. The number of rotatable bonds is 6. The van der Waals surface area contributed by atoms with Crippen LogP contribution in [-0.2, 0) is 19.4 Å². The topological polar surface area (TPSA) is 113 Å². The maximum atomic E-state index is 12.1. The highest BCUT2D eigenvalue weighted by Gasteiger charge is 2.33. The molecule has 0 unspecified atom stereocenters. The summed E-state index contributed by atoms with van der Waals surface area (Å²) in [7, 11) is -3.51. The van der Waals surface area contributed by atoms with Crippen LogP contribution < -0.4 is 5.32 Å². The lowest BCUT2D eigenvalue weighted by atomic mass is 10.00. The molecular formula is C15H21NO6S. The fraction of sp³-hybridized carbons (Fsp3) is 0.533. The lowest BCUT2D eigenvalue weighted by Gasteiger charge is -2.34. The van der Waals surface area contributed by atoms with E-state index in [1.807, 2.05) is 0 Å². The zero-order valence-electron chi connectivity index (χ0n) is 12.6. The molecule has 0 radical (unpaired) electrons. The average Bonchev–Trinajstić information content (AvgIpc) is 2.56. The Hall–Kier alpha value is -1.48. The van der Waals surface area contributed by atoms with Crippen molar-refractivity contribution in [2.75, 3.05) is 19.0 Å². The number of aliphatic hydroxyl groups excluding tert-OH is 2. The summed E-state index contributed by atoms with van der Waals surface area (Å²) in [6, 6.07) is 7.40. The number of amides is 1. The fourth-order valence-corrected chi connectivity index (χ4v) is 3.71. The smallest absolute Gasteiger partial charge is 0.221 e. The molecule has 0 aliphatic carbocycles. The van der Waals surface area contributed by atoms with Gasteiger partial charge in [0.25, 0.3) is 0 Å². The third kappa shape index (κ3) is 4.74. The van der Waals surface area contributed by atoms with E-state index in [1.54, 1.807) is 18.2 Å². The largest absolute Gasteiger partial charge is 0.394 e. The Morgan fingerprint density at radius 3 is 2.65 bits per heavy atom. The van der Waals surface area contributed by atoms with Crippen LogP contribution in [0.4, 0.5) is 0 Å². The third-order valence-electron chi connectivity index (χ3n) is 3.78. The maximum absolute atomic E-state index is 12.1. The molecule has 2 rings (SSSR count). The Balaban J connectivity index is 1.88. The fourth-order valence-electron chi connectivity index (χ4n) is 2.44.